The van der Waals surface area contributed by atoms with E-state index in [-0.39, 0.29) is 35.2 Å². The number of rotatable bonds is 4. The number of hydrogen-bond donors (Lipinski definition) is 2. The van der Waals surface area contributed by atoms with Gasteiger partial charge < -0.3 is 24.4 Å². The first-order chi connectivity index (χ1) is 17.6. The van der Waals surface area contributed by atoms with Crippen LogP contribution in [0.15, 0.2) is 47.3 Å². The molecule has 5 rings (SSSR count). The van der Waals surface area contributed by atoms with Crippen LogP contribution in [0.25, 0.3) is 16.8 Å². The van der Waals surface area contributed by atoms with E-state index in [2.05, 4.69) is 0 Å². The minimum absolute atomic E-state index is 0.000110. The third kappa shape index (κ3) is 3.94. The topological polar surface area (TPSA) is 102 Å². The number of aromatic hydroxyl groups is 1. The van der Waals surface area contributed by atoms with Crippen molar-refractivity contribution in [3.8, 4) is 23.0 Å². The zero-order chi connectivity index (χ0) is 26.6. The van der Waals surface area contributed by atoms with E-state index in [9.17, 15) is 19.8 Å². The van der Waals surface area contributed by atoms with E-state index in [1.807, 2.05) is 39.8 Å². The molecule has 192 valence electrons. The number of methoxy groups -OCH3 is 1. The number of allylic oxidation sites excluding steroid dienone is 1. The number of ether oxygens (including phenoxy) is 3. The van der Waals surface area contributed by atoms with E-state index in [1.54, 1.807) is 24.3 Å². The van der Waals surface area contributed by atoms with E-state index < -0.39 is 17.6 Å². The summed E-state index contributed by atoms with van der Waals surface area (Å²) in [6.45, 7) is 7.29. The number of carbonyl (C=O) groups excluding carboxylic acids is 1. The van der Waals surface area contributed by atoms with Gasteiger partial charge >= 0.3 is 0 Å². The average molecular weight is 503 g/mol. The standard InChI is InChI=1S/C30H30O7/c1-15(2)18-12-19-20(10-16-7-9-26(34)30(3,4)21(16)13-23(19)33)29-28(18)37-27(25(14-31)36-29)17-6-8-22(32)24(11-17)35-5/h6-13,15,25,27,31-32H,14H2,1-5H3/t25-,27?/m0/s1. The van der Waals surface area contributed by atoms with Crippen molar-refractivity contribution in [2.75, 3.05) is 13.7 Å². The zero-order valence-electron chi connectivity index (χ0n) is 21.5. The van der Waals surface area contributed by atoms with Gasteiger partial charge in [0.05, 0.1) is 19.1 Å². The van der Waals surface area contributed by atoms with E-state index in [0.717, 1.165) is 11.1 Å². The molecule has 7 nitrogen and oxygen atoms in total. The Balaban J connectivity index is 1.78. The van der Waals surface area contributed by atoms with Crippen LogP contribution in [0, 0.1) is 0 Å². The number of ketones is 1. The number of benzene rings is 2. The molecule has 37 heavy (non-hydrogen) atoms. The Morgan fingerprint density at radius 3 is 2.43 bits per heavy atom. The predicted molar refractivity (Wildman–Crippen MR) is 141 cm³/mol. The van der Waals surface area contributed by atoms with Crippen LogP contribution in [0.3, 0.4) is 0 Å². The van der Waals surface area contributed by atoms with Gasteiger partial charge in [0.15, 0.2) is 46.4 Å². The number of aliphatic hydroxyl groups is 1. The van der Waals surface area contributed by atoms with Crippen LogP contribution in [0.5, 0.6) is 23.0 Å². The summed E-state index contributed by atoms with van der Waals surface area (Å²) < 4.78 is 18.2. The minimum Gasteiger partial charge on any atom is -0.504 e. The Labute approximate surface area is 214 Å². The van der Waals surface area contributed by atoms with Gasteiger partial charge in [0, 0.05) is 21.9 Å². The molecule has 1 heterocycles. The Hall–Kier alpha value is -3.84. The first kappa shape index (κ1) is 24.8. The van der Waals surface area contributed by atoms with Gasteiger partial charge in [0.1, 0.15) is 0 Å². The highest BCUT2D eigenvalue weighted by atomic mass is 16.6. The Bertz CT molecular complexity index is 1520. The van der Waals surface area contributed by atoms with Crippen molar-refractivity contribution < 1.29 is 29.2 Å². The van der Waals surface area contributed by atoms with Crippen molar-refractivity contribution in [2.45, 2.75) is 51.2 Å². The van der Waals surface area contributed by atoms with Crippen LogP contribution in [-0.2, 0) is 10.2 Å². The third-order valence-corrected chi connectivity index (χ3v) is 7.34. The largest absolute Gasteiger partial charge is 0.504 e. The summed E-state index contributed by atoms with van der Waals surface area (Å²) in [4.78, 5) is 26.1. The summed E-state index contributed by atoms with van der Waals surface area (Å²) in [5.74, 6) is 1.10. The molecular weight excluding hydrogens is 472 g/mol. The Kier molecular flexibility index (Phi) is 5.99. The summed E-state index contributed by atoms with van der Waals surface area (Å²) in [6.07, 6.45) is 1.80. The average Bonchev–Trinajstić information content (AvgIpc) is 3.02. The second-order valence-electron chi connectivity index (χ2n) is 10.4. The number of carbonyl (C=O) groups is 1. The van der Waals surface area contributed by atoms with Crippen molar-refractivity contribution in [3.05, 3.63) is 75.0 Å². The van der Waals surface area contributed by atoms with Gasteiger partial charge in [-0.1, -0.05) is 26.0 Å². The summed E-state index contributed by atoms with van der Waals surface area (Å²) in [6, 6.07) is 10.1. The van der Waals surface area contributed by atoms with Crippen LogP contribution in [0.2, 0.25) is 0 Å². The number of aliphatic hydroxyl groups excluding tert-OH is 1. The molecular formula is C30H30O7. The molecule has 2 aliphatic rings. The molecule has 1 aliphatic carbocycles. The summed E-state index contributed by atoms with van der Waals surface area (Å²) in [7, 11) is 1.46. The number of phenols is 1. The fourth-order valence-corrected chi connectivity index (χ4v) is 5.10. The van der Waals surface area contributed by atoms with Crippen molar-refractivity contribution in [1.29, 1.82) is 0 Å². The normalized spacial score (nSPS) is 19.7. The molecule has 0 radical (unpaired) electrons. The van der Waals surface area contributed by atoms with Gasteiger partial charge in [0.25, 0.3) is 0 Å². The van der Waals surface area contributed by atoms with Gasteiger partial charge in [-0.2, -0.15) is 0 Å². The molecule has 0 aromatic heterocycles. The fourth-order valence-electron chi connectivity index (χ4n) is 5.10. The number of hydrogen-bond acceptors (Lipinski definition) is 7. The molecule has 0 saturated carbocycles. The van der Waals surface area contributed by atoms with Gasteiger partial charge in [-0.25, -0.2) is 0 Å². The maximum atomic E-state index is 13.5. The van der Waals surface area contributed by atoms with Gasteiger partial charge in [0.2, 0.25) is 0 Å². The molecule has 1 unspecified atom stereocenters. The van der Waals surface area contributed by atoms with Crippen LogP contribution in [0.1, 0.15) is 62.0 Å². The van der Waals surface area contributed by atoms with Crippen molar-refractivity contribution in [2.24, 2.45) is 0 Å². The van der Waals surface area contributed by atoms with E-state index in [0.29, 0.717) is 33.4 Å². The third-order valence-electron chi connectivity index (χ3n) is 7.34. The molecule has 0 bridgehead atoms. The second kappa shape index (κ2) is 8.92. The van der Waals surface area contributed by atoms with Crippen molar-refractivity contribution >= 4 is 22.6 Å². The predicted octanol–water partition coefficient (Wildman–Crippen LogP) is 4.78. The SMILES string of the molecule is COc1cc(C2Oc3c(C(C)C)cc4c(=O)cc5c(cc4c3O[C@H]2CO)C=CC(=O)C5(C)C)ccc1O. The summed E-state index contributed by atoms with van der Waals surface area (Å²) >= 11 is 0. The molecule has 2 N–H and O–H groups in total. The molecule has 7 heteroatoms. The lowest BCUT2D eigenvalue weighted by Gasteiger charge is -2.35. The molecule has 0 amide bonds. The highest BCUT2D eigenvalue weighted by molar-refractivity contribution is 6.05. The molecule has 0 fully saturated rings. The van der Waals surface area contributed by atoms with Crippen molar-refractivity contribution in [3.63, 3.8) is 0 Å². The van der Waals surface area contributed by atoms with Crippen LogP contribution in [0.4, 0.5) is 0 Å². The summed E-state index contributed by atoms with van der Waals surface area (Å²) in [5, 5.41) is 21.3. The molecule has 2 atom stereocenters. The van der Waals surface area contributed by atoms with Crippen molar-refractivity contribution in [1.82, 2.24) is 0 Å². The van der Waals surface area contributed by atoms with Crippen LogP contribution >= 0.6 is 0 Å². The monoisotopic (exact) mass is 502 g/mol. The Morgan fingerprint density at radius 2 is 1.76 bits per heavy atom. The smallest absolute Gasteiger partial charge is 0.186 e. The summed E-state index contributed by atoms with van der Waals surface area (Å²) in [5.41, 5.74) is 1.82. The molecule has 0 spiro atoms. The number of phenolic OH excluding ortho intramolecular Hbond substituents is 1. The lowest BCUT2D eigenvalue weighted by atomic mass is 9.76. The minimum atomic E-state index is -0.840. The molecule has 3 aromatic rings. The highest BCUT2D eigenvalue weighted by Gasteiger charge is 2.37. The highest BCUT2D eigenvalue weighted by Crippen LogP contribution is 2.49. The maximum Gasteiger partial charge on any atom is 0.186 e. The van der Waals surface area contributed by atoms with Crippen LogP contribution < -0.4 is 19.6 Å². The van der Waals surface area contributed by atoms with Gasteiger partial charge in [-0.3, -0.25) is 9.59 Å². The fraction of sp³-hybridized carbons (Fsp3) is 0.333. The van der Waals surface area contributed by atoms with E-state index >= 15 is 0 Å². The lowest BCUT2D eigenvalue weighted by Crippen LogP contribution is -2.36. The van der Waals surface area contributed by atoms with Crippen LogP contribution in [-0.4, -0.2) is 35.8 Å². The quantitative estimate of drug-likeness (QED) is 0.529. The molecule has 3 aromatic carbocycles. The Morgan fingerprint density at radius 1 is 1.00 bits per heavy atom. The zero-order valence-corrected chi connectivity index (χ0v) is 21.5. The first-order valence-electron chi connectivity index (χ1n) is 12.3. The second-order valence-corrected chi connectivity index (χ2v) is 10.4. The lowest BCUT2D eigenvalue weighted by molar-refractivity contribution is -0.118. The maximum absolute atomic E-state index is 13.5. The van der Waals surface area contributed by atoms with Gasteiger partial charge in [-0.05, 0) is 67.3 Å². The molecule has 0 saturated heterocycles. The number of fused-ring (bicyclic) bond motifs is 4. The van der Waals surface area contributed by atoms with E-state index in [1.165, 1.54) is 19.3 Å². The first-order valence-corrected chi connectivity index (χ1v) is 12.3. The molecule has 1 aliphatic heterocycles. The van der Waals surface area contributed by atoms with Gasteiger partial charge in [-0.15, -0.1) is 0 Å². The van der Waals surface area contributed by atoms with E-state index in [4.69, 9.17) is 14.2 Å².